The van der Waals surface area contributed by atoms with Crippen LogP contribution in [0.25, 0.3) is 0 Å². The molecule has 0 saturated heterocycles. The zero-order valence-electron chi connectivity index (χ0n) is 21.2. The molecule has 0 radical (unpaired) electrons. The highest BCUT2D eigenvalue weighted by atomic mass is 16.5. The molecule has 2 unspecified atom stereocenters. The number of hydrogen-bond donors (Lipinski definition) is 1. The summed E-state index contributed by atoms with van der Waals surface area (Å²) < 4.78 is 5.72. The Morgan fingerprint density at radius 3 is 2.68 bits per heavy atom. The fraction of sp³-hybridized carbons (Fsp3) is 0.655. The van der Waals surface area contributed by atoms with Crippen LogP contribution in [-0.4, -0.2) is 50.0 Å². The van der Waals surface area contributed by atoms with Crippen molar-refractivity contribution < 1.29 is 9.53 Å². The van der Waals surface area contributed by atoms with Gasteiger partial charge < -0.3 is 10.1 Å². The molecule has 2 fully saturated rings. The molecule has 3 aliphatic carbocycles. The Morgan fingerprint density at radius 2 is 2.03 bits per heavy atom. The molecular formula is C29H39N3O2. The number of nitrogens with one attached hydrogen (secondary N) is 1. The van der Waals surface area contributed by atoms with E-state index >= 15 is 0 Å². The lowest BCUT2D eigenvalue weighted by molar-refractivity contribution is -0.138. The SMILES string of the molecule is CCC(C)C1=NC2(C(=O)N1CCNC)c1cc(C#CC3CC3)ccc1CC21CCC(OC)CC1. The van der Waals surface area contributed by atoms with Gasteiger partial charge in [-0.2, -0.15) is 0 Å². The minimum Gasteiger partial charge on any atom is -0.381 e. The summed E-state index contributed by atoms with van der Waals surface area (Å²) in [7, 11) is 3.76. The Balaban J connectivity index is 1.64. The third kappa shape index (κ3) is 3.71. The molecule has 2 atom stereocenters. The number of amidine groups is 1. The summed E-state index contributed by atoms with van der Waals surface area (Å²) in [6.45, 7) is 5.81. The van der Waals surface area contributed by atoms with E-state index < -0.39 is 5.54 Å². The van der Waals surface area contributed by atoms with Crippen LogP contribution in [0.3, 0.4) is 0 Å². The first-order valence-corrected chi connectivity index (χ1v) is 13.2. The highest BCUT2D eigenvalue weighted by Gasteiger charge is 2.66. The van der Waals surface area contributed by atoms with E-state index in [0.29, 0.717) is 12.5 Å². The summed E-state index contributed by atoms with van der Waals surface area (Å²) in [5, 5.41) is 3.23. The van der Waals surface area contributed by atoms with Crippen LogP contribution < -0.4 is 5.32 Å². The van der Waals surface area contributed by atoms with E-state index in [9.17, 15) is 4.79 Å². The van der Waals surface area contributed by atoms with Gasteiger partial charge in [0.25, 0.3) is 5.91 Å². The number of fused-ring (bicyclic) bond motifs is 3. The molecule has 1 aliphatic heterocycles. The van der Waals surface area contributed by atoms with Gasteiger partial charge in [0.05, 0.1) is 6.10 Å². The van der Waals surface area contributed by atoms with Gasteiger partial charge >= 0.3 is 0 Å². The third-order valence-corrected chi connectivity index (χ3v) is 8.77. The first-order chi connectivity index (χ1) is 16.5. The van der Waals surface area contributed by atoms with Crippen molar-refractivity contribution in [1.82, 2.24) is 10.2 Å². The smallest absolute Gasteiger partial charge is 0.261 e. The van der Waals surface area contributed by atoms with E-state index in [-0.39, 0.29) is 23.3 Å². The summed E-state index contributed by atoms with van der Waals surface area (Å²) in [4.78, 5) is 22.1. The molecule has 1 N–H and O–H groups in total. The van der Waals surface area contributed by atoms with Crippen molar-refractivity contribution in [2.75, 3.05) is 27.2 Å². The van der Waals surface area contributed by atoms with Gasteiger partial charge in [-0.25, -0.2) is 4.99 Å². The van der Waals surface area contributed by atoms with E-state index in [1.807, 2.05) is 19.1 Å². The van der Waals surface area contributed by atoms with Crippen molar-refractivity contribution in [3.05, 3.63) is 34.9 Å². The molecule has 1 aromatic carbocycles. The van der Waals surface area contributed by atoms with Crippen LogP contribution in [0.4, 0.5) is 0 Å². The molecule has 1 amide bonds. The Bertz CT molecular complexity index is 1040. The number of hydrogen-bond acceptors (Lipinski definition) is 4. The predicted octanol–water partition coefficient (Wildman–Crippen LogP) is 4.28. The molecule has 1 aromatic rings. The predicted molar refractivity (Wildman–Crippen MR) is 136 cm³/mol. The monoisotopic (exact) mass is 461 g/mol. The van der Waals surface area contributed by atoms with Crippen LogP contribution in [0, 0.1) is 29.1 Å². The number of likely N-dealkylation sites (N-methyl/N-ethyl adjacent to an activating group) is 1. The molecule has 34 heavy (non-hydrogen) atoms. The molecule has 2 spiro atoms. The van der Waals surface area contributed by atoms with E-state index in [1.54, 1.807) is 0 Å². The first-order valence-electron chi connectivity index (χ1n) is 13.2. The van der Waals surface area contributed by atoms with E-state index in [4.69, 9.17) is 9.73 Å². The van der Waals surface area contributed by atoms with Crippen LogP contribution >= 0.6 is 0 Å². The molecule has 0 bridgehead atoms. The van der Waals surface area contributed by atoms with Gasteiger partial charge in [0.2, 0.25) is 0 Å². The van der Waals surface area contributed by atoms with Gasteiger partial charge in [0.15, 0.2) is 5.54 Å². The number of carbonyl (C=O) groups excluding carboxylic acids is 1. The van der Waals surface area contributed by atoms with Crippen molar-refractivity contribution >= 4 is 11.7 Å². The number of nitrogens with zero attached hydrogens (tertiary/aromatic N) is 2. The number of benzene rings is 1. The van der Waals surface area contributed by atoms with Crippen molar-refractivity contribution in [2.24, 2.45) is 22.2 Å². The minimum atomic E-state index is -0.829. The molecule has 5 rings (SSSR count). The highest BCUT2D eigenvalue weighted by molar-refractivity contribution is 6.10. The topological polar surface area (TPSA) is 53.9 Å². The number of amides is 1. The molecule has 5 nitrogen and oxygen atoms in total. The highest BCUT2D eigenvalue weighted by Crippen LogP contribution is 2.62. The van der Waals surface area contributed by atoms with E-state index in [1.165, 1.54) is 18.4 Å². The van der Waals surface area contributed by atoms with Crippen molar-refractivity contribution in [3.8, 4) is 11.8 Å². The summed E-state index contributed by atoms with van der Waals surface area (Å²) in [5.74, 6) is 8.76. The lowest BCUT2D eigenvalue weighted by atomic mass is 9.61. The molecule has 2 saturated carbocycles. The minimum absolute atomic E-state index is 0.181. The summed E-state index contributed by atoms with van der Waals surface area (Å²) in [6.07, 6.45) is 8.49. The lowest BCUT2D eigenvalue weighted by Crippen LogP contribution is -2.52. The number of carbonyl (C=O) groups is 1. The van der Waals surface area contributed by atoms with Gasteiger partial charge in [0, 0.05) is 43.0 Å². The maximum atomic E-state index is 14.6. The third-order valence-electron chi connectivity index (χ3n) is 8.77. The van der Waals surface area contributed by atoms with Crippen LogP contribution in [0.2, 0.25) is 0 Å². The summed E-state index contributed by atoms with van der Waals surface area (Å²) >= 11 is 0. The standard InChI is InChI=1S/C29H39N3O2/c1-5-20(2)26-31-29(27(33)32(26)17-16-30-3)25-18-22(9-8-21-6-7-21)10-11-23(25)19-28(29)14-12-24(34-4)13-15-28/h10-11,18,20-21,24,30H,5-7,12-17,19H2,1-4H3. The van der Waals surface area contributed by atoms with Crippen LogP contribution in [0.5, 0.6) is 0 Å². The number of rotatable bonds is 6. The van der Waals surface area contributed by atoms with Gasteiger partial charge in [-0.15, -0.1) is 0 Å². The van der Waals surface area contributed by atoms with Gasteiger partial charge in [-0.1, -0.05) is 31.8 Å². The van der Waals surface area contributed by atoms with E-state index in [0.717, 1.165) is 62.0 Å². The lowest BCUT2D eigenvalue weighted by Gasteiger charge is -2.45. The zero-order valence-corrected chi connectivity index (χ0v) is 21.2. The van der Waals surface area contributed by atoms with Crippen molar-refractivity contribution in [1.29, 1.82) is 0 Å². The second kappa shape index (κ2) is 9.13. The van der Waals surface area contributed by atoms with Gasteiger partial charge in [0.1, 0.15) is 5.84 Å². The molecule has 1 heterocycles. The fourth-order valence-electron chi connectivity index (χ4n) is 6.35. The van der Waals surface area contributed by atoms with Crippen LogP contribution in [0.1, 0.15) is 75.5 Å². The number of methoxy groups -OCH3 is 1. The number of aliphatic imine (C=N–C) groups is 1. The molecule has 4 aliphatic rings. The van der Waals surface area contributed by atoms with E-state index in [2.05, 4.69) is 49.2 Å². The molecular weight excluding hydrogens is 422 g/mol. The average molecular weight is 462 g/mol. The van der Waals surface area contributed by atoms with Crippen molar-refractivity contribution in [3.63, 3.8) is 0 Å². The second-order valence-corrected chi connectivity index (χ2v) is 10.9. The largest absolute Gasteiger partial charge is 0.381 e. The Hall–Kier alpha value is -2.16. The van der Waals surface area contributed by atoms with Gasteiger partial charge in [-0.3, -0.25) is 9.69 Å². The Labute approximate surface area is 204 Å². The fourth-order valence-corrected chi connectivity index (χ4v) is 6.35. The quantitative estimate of drug-likeness (QED) is 0.644. The Morgan fingerprint density at radius 1 is 1.26 bits per heavy atom. The molecule has 182 valence electrons. The maximum Gasteiger partial charge on any atom is 0.261 e. The summed E-state index contributed by atoms with van der Waals surface area (Å²) in [5.41, 5.74) is 2.41. The zero-order chi connectivity index (χ0) is 23.9. The maximum absolute atomic E-state index is 14.6. The van der Waals surface area contributed by atoms with Crippen LogP contribution in [0.15, 0.2) is 23.2 Å². The first kappa shape index (κ1) is 23.6. The second-order valence-electron chi connectivity index (χ2n) is 10.9. The van der Waals surface area contributed by atoms with Crippen LogP contribution in [-0.2, 0) is 21.5 Å². The van der Waals surface area contributed by atoms with Gasteiger partial charge in [-0.05, 0) is 81.7 Å². The summed E-state index contributed by atoms with van der Waals surface area (Å²) in [6, 6.07) is 6.59. The Kier molecular flexibility index (Phi) is 6.33. The normalized spacial score (nSPS) is 30.9. The number of ether oxygens (including phenoxy) is 1. The molecule has 5 heteroatoms. The average Bonchev–Trinajstić information content (AvgIpc) is 3.60. The molecule has 0 aromatic heterocycles. The van der Waals surface area contributed by atoms with Crippen molar-refractivity contribution in [2.45, 2.75) is 76.9 Å².